The molecule has 0 radical (unpaired) electrons. The largest absolute Gasteiger partial charge is 0.497 e. The highest BCUT2D eigenvalue weighted by Crippen LogP contribution is 2.34. The lowest BCUT2D eigenvalue weighted by Crippen LogP contribution is -2.47. The number of carboxylic acid groups (broad SMARTS) is 1. The molecule has 1 aliphatic heterocycles. The fraction of sp³-hybridized carbons (Fsp3) is 0.395. The van der Waals surface area contributed by atoms with Gasteiger partial charge in [0.15, 0.2) is 0 Å². The molecular formula is C38H46N6O7. The third-order valence-corrected chi connectivity index (χ3v) is 8.92. The summed E-state index contributed by atoms with van der Waals surface area (Å²) in [4.78, 5) is 38.6. The van der Waals surface area contributed by atoms with E-state index in [0.29, 0.717) is 75.9 Å². The fourth-order valence-corrected chi connectivity index (χ4v) is 5.96. The number of rotatable bonds is 17. The van der Waals surface area contributed by atoms with Crippen LogP contribution in [0.2, 0.25) is 0 Å². The number of amides is 1. The maximum absolute atomic E-state index is 12.9. The van der Waals surface area contributed by atoms with Crippen LogP contribution in [0.3, 0.4) is 0 Å². The van der Waals surface area contributed by atoms with Crippen LogP contribution in [0.15, 0.2) is 72.8 Å². The van der Waals surface area contributed by atoms with Gasteiger partial charge in [0.25, 0.3) is 0 Å². The third kappa shape index (κ3) is 10.3. The van der Waals surface area contributed by atoms with Crippen molar-refractivity contribution in [3.63, 3.8) is 0 Å². The van der Waals surface area contributed by atoms with Crippen LogP contribution in [0.1, 0.15) is 47.7 Å². The van der Waals surface area contributed by atoms with Crippen molar-refractivity contribution >= 4 is 17.6 Å². The molecule has 1 saturated heterocycles. The summed E-state index contributed by atoms with van der Waals surface area (Å²) in [5.74, 6) is 1.63. The number of aryl methyl sites for hydroxylation is 2. The number of nitrogens with zero attached hydrogens (tertiary/aromatic N) is 6. The number of piperazine rings is 1. The monoisotopic (exact) mass is 698 g/mol. The number of nitro groups is 1. The first-order chi connectivity index (χ1) is 24.8. The number of unbranched alkanes of at least 4 members (excludes halogenated alkanes) is 1. The van der Waals surface area contributed by atoms with Gasteiger partial charge in [0.1, 0.15) is 17.2 Å². The van der Waals surface area contributed by atoms with Crippen LogP contribution in [0.4, 0.5) is 16.3 Å². The van der Waals surface area contributed by atoms with E-state index < -0.39 is 6.09 Å². The first-order valence-electron chi connectivity index (χ1n) is 17.2. The summed E-state index contributed by atoms with van der Waals surface area (Å²) in [6.07, 6.45) is 1.68. The van der Waals surface area contributed by atoms with E-state index in [1.807, 2.05) is 65.6 Å². The van der Waals surface area contributed by atoms with E-state index in [2.05, 4.69) is 33.9 Å². The van der Waals surface area contributed by atoms with Crippen molar-refractivity contribution in [2.75, 3.05) is 51.9 Å². The number of benzene rings is 3. The molecule has 1 aromatic heterocycles. The number of methoxy groups -OCH3 is 2. The van der Waals surface area contributed by atoms with E-state index in [9.17, 15) is 20.0 Å². The minimum Gasteiger partial charge on any atom is -0.497 e. The molecule has 4 aromatic rings. The SMILES string of the molecule is CCCCOc1nc(CCc2ccc(CN3CCN(C(=O)O)CC3)cc2)c([N+](=O)[O-])c(N(Cc2ccc(OC)cc2)Cc2ccc(OC)cc2)n1. The highest BCUT2D eigenvalue weighted by Gasteiger charge is 2.30. The summed E-state index contributed by atoms with van der Waals surface area (Å²) in [7, 11) is 3.22. The molecule has 3 aromatic carbocycles. The average Bonchev–Trinajstić information content (AvgIpc) is 3.15. The topological polar surface area (TPSA) is 144 Å². The Morgan fingerprint density at radius 2 is 1.37 bits per heavy atom. The van der Waals surface area contributed by atoms with Gasteiger partial charge in [0.2, 0.25) is 5.82 Å². The molecule has 1 N–H and O–H groups in total. The van der Waals surface area contributed by atoms with Crippen molar-refractivity contribution in [3.8, 4) is 17.5 Å². The third-order valence-electron chi connectivity index (χ3n) is 8.92. The predicted molar refractivity (Wildman–Crippen MR) is 194 cm³/mol. The number of ether oxygens (including phenoxy) is 3. The number of hydrogen-bond acceptors (Lipinski definition) is 10. The number of aromatic nitrogens is 2. The van der Waals surface area contributed by atoms with Crippen LogP contribution in [0, 0.1) is 10.1 Å². The molecule has 1 aliphatic rings. The molecule has 270 valence electrons. The van der Waals surface area contributed by atoms with E-state index in [4.69, 9.17) is 14.2 Å². The van der Waals surface area contributed by atoms with Crippen LogP contribution in [0.5, 0.6) is 17.5 Å². The lowest BCUT2D eigenvalue weighted by molar-refractivity contribution is -0.385. The van der Waals surface area contributed by atoms with E-state index in [1.165, 1.54) is 4.90 Å². The van der Waals surface area contributed by atoms with Crippen molar-refractivity contribution in [2.45, 2.75) is 52.2 Å². The number of hydrogen-bond donors (Lipinski definition) is 1. The Labute approximate surface area is 298 Å². The molecule has 5 rings (SSSR count). The lowest BCUT2D eigenvalue weighted by atomic mass is 10.0. The van der Waals surface area contributed by atoms with Crippen molar-refractivity contribution in [3.05, 3.63) is 111 Å². The fourth-order valence-electron chi connectivity index (χ4n) is 5.96. The molecule has 0 unspecified atom stereocenters. The van der Waals surface area contributed by atoms with Gasteiger partial charge in [-0.25, -0.2) is 4.79 Å². The van der Waals surface area contributed by atoms with Crippen LogP contribution in [0.25, 0.3) is 0 Å². The molecule has 51 heavy (non-hydrogen) atoms. The summed E-state index contributed by atoms with van der Waals surface area (Å²) >= 11 is 0. The summed E-state index contributed by atoms with van der Waals surface area (Å²) in [6.45, 7) is 6.23. The Kier molecular flexibility index (Phi) is 13.0. The molecule has 0 saturated carbocycles. The first-order valence-corrected chi connectivity index (χ1v) is 17.2. The Morgan fingerprint density at radius 1 is 0.824 bits per heavy atom. The molecule has 0 bridgehead atoms. The quantitative estimate of drug-likeness (QED) is 0.0747. The Balaban J connectivity index is 1.42. The smallest absolute Gasteiger partial charge is 0.407 e. The molecule has 13 nitrogen and oxygen atoms in total. The second-order valence-corrected chi connectivity index (χ2v) is 12.5. The summed E-state index contributed by atoms with van der Waals surface area (Å²) in [6, 6.07) is 23.5. The van der Waals surface area contributed by atoms with Gasteiger partial charge in [-0.2, -0.15) is 9.97 Å². The van der Waals surface area contributed by atoms with Crippen LogP contribution < -0.4 is 19.1 Å². The lowest BCUT2D eigenvalue weighted by Gasteiger charge is -2.33. The predicted octanol–water partition coefficient (Wildman–Crippen LogP) is 6.37. The normalized spacial score (nSPS) is 13.1. The highest BCUT2D eigenvalue weighted by molar-refractivity contribution is 5.65. The zero-order valence-corrected chi connectivity index (χ0v) is 29.5. The summed E-state index contributed by atoms with van der Waals surface area (Å²) in [5, 5.41) is 22.1. The molecule has 13 heteroatoms. The van der Waals surface area contributed by atoms with Crippen molar-refractivity contribution in [2.24, 2.45) is 0 Å². The van der Waals surface area contributed by atoms with Crippen molar-refractivity contribution < 1.29 is 29.0 Å². The molecule has 0 atom stereocenters. The molecule has 0 aliphatic carbocycles. The minimum absolute atomic E-state index is 0.117. The maximum Gasteiger partial charge on any atom is 0.407 e. The molecular weight excluding hydrogens is 652 g/mol. The van der Waals surface area contributed by atoms with Gasteiger partial charge in [-0.15, -0.1) is 0 Å². The zero-order valence-electron chi connectivity index (χ0n) is 29.5. The van der Waals surface area contributed by atoms with Crippen LogP contribution in [-0.4, -0.2) is 82.9 Å². The van der Waals surface area contributed by atoms with Gasteiger partial charge in [0, 0.05) is 52.2 Å². The average molecular weight is 699 g/mol. The highest BCUT2D eigenvalue weighted by atomic mass is 16.6. The van der Waals surface area contributed by atoms with Crippen LogP contribution in [-0.2, 0) is 32.5 Å². The molecule has 0 spiro atoms. The number of anilines is 1. The number of carbonyl (C=O) groups is 1. The maximum atomic E-state index is 12.9. The van der Waals surface area contributed by atoms with Gasteiger partial charge in [-0.3, -0.25) is 15.0 Å². The van der Waals surface area contributed by atoms with Gasteiger partial charge >= 0.3 is 17.8 Å². The van der Waals surface area contributed by atoms with Gasteiger partial charge in [-0.05, 0) is 59.4 Å². The Morgan fingerprint density at radius 3 is 1.88 bits per heavy atom. The standard InChI is InChI=1S/C38H46N6O7/c1-4-5-24-51-37-39-34(19-14-28-6-8-29(9-7-28)25-41-20-22-42(23-21-41)38(45)46)35(44(47)48)36(40-37)43(26-30-10-15-32(49-2)16-11-30)27-31-12-17-33(50-3)18-13-31/h6-13,15-18H,4-5,14,19-27H2,1-3H3,(H,45,46). The zero-order chi connectivity index (χ0) is 36.2. The van der Waals surface area contributed by atoms with E-state index in [-0.39, 0.29) is 22.4 Å². The molecule has 2 heterocycles. The Bertz CT molecular complexity index is 1680. The van der Waals surface area contributed by atoms with E-state index in [1.54, 1.807) is 14.2 Å². The van der Waals surface area contributed by atoms with Crippen molar-refractivity contribution in [1.82, 2.24) is 19.8 Å². The van der Waals surface area contributed by atoms with Gasteiger partial charge < -0.3 is 29.1 Å². The van der Waals surface area contributed by atoms with Gasteiger partial charge in [-0.1, -0.05) is 61.9 Å². The van der Waals surface area contributed by atoms with E-state index >= 15 is 0 Å². The minimum atomic E-state index is -0.878. The summed E-state index contributed by atoms with van der Waals surface area (Å²) in [5.41, 5.74) is 4.17. The molecule has 1 fully saturated rings. The second kappa shape index (κ2) is 18.0. The van der Waals surface area contributed by atoms with Crippen molar-refractivity contribution in [1.29, 1.82) is 0 Å². The van der Waals surface area contributed by atoms with Crippen LogP contribution >= 0.6 is 0 Å². The van der Waals surface area contributed by atoms with Gasteiger partial charge in [0.05, 0.1) is 25.7 Å². The molecule has 1 amide bonds. The summed E-state index contributed by atoms with van der Waals surface area (Å²) < 4.78 is 16.7. The first kappa shape index (κ1) is 36.8. The second-order valence-electron chi connectivity index (χ2n) is 12.5. The Hall–Kier alpha value is -5.43. The van der Waals surface area contributed by atoms with E-state index in [0.717, 1.165) is 41.6 Å².